The molecule has 2 N–H and O–H groups in total. The lowest BCUT2D eigenvalue weighted by atomic mass is 10.1. The molecule has 0 aliphatic carbocycles. The highest BCUT2D eigenvalue weighted by Gasteiger charge is 2.15. The Morgan fingerprint density at radius 1 is 1.06 bits per heavy atom. The molecule has 0 amide bonds. The van der Waals surface area contributed by atoms with Crippen LogP contribution in [0.15, 0.2) is 42.7 Å². The molecule has 1 saturated heterocycles. The molecule has 176 valence electrons. The summed E-state index contributed by atoms with van der Waals surface area (Å²) < 4.78 is 16.9. The van der Waals surface area contributed by atoms with Gasteiger partial charge < -0.3 is 15.2 Å². The first-order chi connectivity index (χ1) is 16.5. The van der Waals surface area contributed by atoms with Crippen molar-refractivity contribution in [2.75, 3.05) is 31.5 Å². The largest absolute Gasteiger partial charge is 0.326 e. The molecule has 1 aliphatic heterocycles. The van der Waals surface area contributed by atoms with Crippen LogP contribution in [0.5, 0.6) is 0 Å². The third-order valence-electron chi connectivity index (χ3n) is 6.08. The number of pyridine rings is 1. The fourth-order valence-corrected chi connectivity index (χ4v) is 4.48. The monoisotopic (exact) mass is 460 g/mol. The topological polar surface area (TPSA) is 83.8 Å². The molecule has 1 aliphatic rings. The van der Waals surface area contributed by atoms with Crippen LogP contribution in [0.2, 0.25) is 0 Å². The van der Waals surface area contributed by atoms with Crippen LogP contribution in [-0.2, 0) is 6.54 Å². The van der Waals surface area contributed by atoms with Gasteiger partial charge in [0.1, 0.15) is 17.3 Å². The van der Waals surface area contributed by atoms with Crippen LogP contribution < -0.4 is 10.6 Å². The fraction of sp³-hybridized carbons (Fsp3) is 0.360. The molecular formula is C25H29FN8. The van der Waals surface area contributed by atoms with Gasteiger partial charge in [-0.3, -0.25) is 4.90 Å². The van der Waals surface area contributed by atoms with Gasteiger partial charge in [-0.1, -0.05) is 12.1 Å². The van der Waals surface area contributed by atoms with E-state index in [0.717, 1.165) is 55.1 Å². The normalized spacial score (nSPS) is 14.7. The van der Waals surface area contributed by atoms with Crippen molar-refractivity contribution in [2.45, 2.75) is 33.4 Å². The number of halogens is 1. The van der Waals surface area contributed by atoms with Gasteiger partial charge in [-0.2, -0.15) is 0 Å². The van der Waals surface area contributed by atoms with Crippen molar-refractivity contribution < 1.29 is 4.39 Å². The maximum atomic E-state index is 14.7. The molecule has 0 atom stereocenters. The van der Waals surface area contributed by atoms with Crippen LogP contribution in [0.4, 0.5) is 16.2 Å². The van der Waals surface area contributed by atoms with Gasteiger partial charge in [0.05, 0.1) is 17.2 Å². The number of anilines is 2. The van der Waals surface area contributed by atoms with Gasteiger partial charge in [-0.25, -0.2) is 24.3 Å². The predicted molar refractivity (Wildman–Crippen MR) is 132 cm³/mol. The number of hydrogen-bond acceptors (Lipinski definition) is 7. The quantitative estimate of drug-likeness (QED) is 0.449. The van der Waals surface area contributed by atoms with Gasteiger partial charge in [-0.15, -0.1) is 0 Å². The lowest BCUT2D eigenvalue weighted by Gasteiger charge is -2.27. The van der Waals surface area contributed by atoms with Crippen molar-refractivity contribution >= 4 is 22.8 Å². The summed E-state index contributed by atoms with van der Waals surface area (Å²) in [6, 6.07) is 9.88. The van der Waals surface area contributed by atoms with Crippen molar-refractivity contribution in [3.05, 3.63) is 59.9 Å². The summed E-state index contributed by atoms with van der Waals surface area (Å²) in [5.41, 5.74) is 3.91. The van der Waals surface area contributed by atoms with E-state index < -0.39 is 5.82 Å². The highest BCUT2D eigenvalue weighted by molar-refractivity contribution is 5.82. The summed E-state index contributed by atoms with van der Waals surface area (Å²) in [7, 11) is 0. The SMILES string of the molecule is Cc1nc2ccc(-c3nc(Nc4ccc(CN5CCNCC5)cn4)ncc3F)cc2n1C(C)C. The number of nitrogens with one attached hydrogen (secondary N) is 2. The Balaban J connectivity index is 1.37. The Morgan fingerprint density at radius 2 is 1.88 bits per heavy atom. The average molecular weight is 461 g/mol. The van der Waals surface area contributed by atoms with Crippen LogP contribution in [0.1, 0.15) is 31.3 Å². The van der Waals surface area contributed by atoms with Crippen molar-refractivity contribution in [1.29, 1.82) is 0 Å². The summed E-state index contributed by atoms with van der Waals surface area (Å²) in [4.78, 5) is 20.1. The third-order valence-corrected chi connectivity index (χ3v) is 6.08. The number of fused-ring (bicyclic) bond motifs is 1. The first-order valence-electron chi connectivity index (χ1n) is 11.6. The molecule has 3 aromatic heterocycles. The molecule has 34 heavy (non-hydrogen) atoms. The Bertz CT molecular complexity index is 1290. The highest BCUT2D eigenvalue weighted by Crippen LogP contribution is 2.28. The minimum absolute atomic E-state index is 0.240. The van der Waals surface area contributed by atoms with Gasteiger partial charge in [0.15, 0.2) is 5.82 Å². The number of piperazine rings is 1. The number of nitrogens with zero attached hydrogens (tertiary/aromatic N) is 6. The molecule has 0 unspecified atom stereocenters. The summed E-state index contributed by atoms with van der Waals surface area (Å²) in [6.07, 6.45) is 3.05. The zero-order valence-electron chi connectivity index (χ0n) is 19.7. The Kier molecular flexibility index (Phi) is 6.21. The van der Waals surface area contributed by atoms with Crippen LogP contribution in [0.3, 0.4) is 0 Å². The van der Waals surface area contributed by atoms with E-state index in [1.165, 1.54) is 6.20 Å². The van der Waals surface area contributed by atoms with Crippen molar-refractivity contribution in [2.24, 2.45) is 0 Å². The molecule has 1 aromatic carbocycles. The van der Waals surface area contributed by atoms with E-state index in [2.05, 4.69) is 53.9 Å². The van der Waals surface area contributed by atoms with Gasteiger partial charge in [0, 0.05) is 50.5 Å². The second-order valence-corrected chi connectivity index (χ2v) is 8.92. The van der Waals surface area contributed by atoms with E-state index in [1.807, 2.05) is 43.5 Å². The first kappa shape index (κ1) is 22.4. The van der Waals surface area contributed by atoms with Gasteiger partial charge in [0.2, 0.25) is 5.95 Å². The Hall–Kier alpha value is -3.43. The van der Waals surface area contributed by atoms with Crippen molar-refractivity contribution in [1.82, 2.24) is 34.7 Å². The smallest absolute Gasteiger partial charge is 0.229 e. The lowest BCUT2D eigenvalue weighted by Crippen LogP contribution is -2.42. The van der Waals surface area contributed by atoms with Gasteiger partial charge in [-0.05, 0) is 44.5 Å². The number of hydrogen-bond donors (Lipinski definition) is 2. The van der Waals surface area contributed by atoms with Gasteiger partial charge in [0.25, 0.3) is 0 Å². The van der Waals surface area contributed by atoms with Crippen LogP contribution in [0.25, 0.3) is 22.3 Å². The van der Waals surface area contributed by atoms with Crippen LogP contribution >= 0.6 is 0 Å². The molecule has 4 aromatic rings. The second kappa shape index (κ2) is 9.44. The van der Waals surface area contributed by atoms with Crippen molar-refractivity contribution in [3.63, 3.8) is 0 Å². The van der Waals surface area contributed by atoms with E-state index in [9.17, 15) is 4.39 Å². The van der Waals surface area contributed by atoms with Crippen molar-refractivity contribution in [3.8, 4) is 11.3 Å². The van der Waals surface area contributed by atoms with E-state index in [4.69, 9.17) is 0 Å². The molecule has 0 spiro atoms. The summed E-state index contributed by atoms with van der Waals surface area (Å²) in [5.74, 6) is 1.37. The summed E-state index contributed by atoms with van der Waals surface area (Å²) in [6.45, 7) is 11.2. The Morgan fingerprint density at radius 3 is 2.62 bits per heavy atom. The second-order valence-electron chi connectivity index (χ2n) is 8.92. The maximum Gasteiger partial charge on any atom is 0.229 e. The average Bonchev–Trinajstić information content (AvgIpc) is 3.17. The number of imidazole rings is 1. The molecule has 0 bridgehead atoms. The maximum absolute atomic E-state index is 14.7. The summed E-state index contributed by atoms with van der Waals surface area (Å²) in [5, 5.41) is 6.46. The first-order valence-corrected chi connectivity index (χ1v) is 11.6. The zero-order chi connectivity index (χ0) is 23.7. The molecule has 0 saturated carbocycles. The van der Waals surface area contributed by atoms with E-state index in [-0.39, 0.29) is 11.7 Å². The van der Waals surface area contributed by atoms with Crippen LogP contribution in [-0.4, -0.2) is 55.6 Å². The van der Waals surface area contributed by atoms with E-state index in [0.29, 0.717) is 17.3 Å². The lowest BCUT2D eigenvalue weighted by molar-refractivity contribution is 0.233. The highest BCUT2D eigenvalue weighted by atomic mass is 19.1. The predicted octanol–water partition coefficient (Wildman–Crippen LogP) is 4.07. The summed E-state index contributed by atoms with van der Waals surface area (Å²) >= 11 is 0. The van der Waals surface area contributed by atoms with E-state index in [1.54, 1.807) is 0 Å². The fourth-order valence-electron chi connectivity index (χ4n) is 4.48. The molecule has 4 heterocycles. The number of aryl methyl sites for hydroxylation is 1. The Labute approximate surface area is 198 Å². The molecule has 9 heteroatoms. The third kappa shape index (κ3) is 4.62. The molecule has 1 fully saturated rings. The zero-order valence-corrected chi connectivity index (χ0v) is 19.7. The minimum Gasteiger partial charge on any atom is -0.326 e. The molecule has 0 radical (unpaired) electrons. The minimum atomic E-state index is -0.475. The number of aromatic nitrogens is 5. The molecule has 8 nitrogen and oxygen atoms in total. The molecular weight excluding hydrogens is 431 g/mol. The van der Waals surface area contributed by atoms with E-state index >= 15 is 0 Å². The number of benzene rings is 1. The molecule has 5 rings (SSSR count). The standard InChI is InChI=1S/C25H29FN8/c1-16(2)34-17(3)30-21-6-5-19(12-22(21)34)24-20(26)14-29-25(32-24)31-23-7-4-18(13-28-23)15-33-10-8-27-9-11-33/h4-7,12-14,16,27H,8-11,15H2,1-3H3,(H,28,29,31,32). The number of rotatable bonds is 6. The van der Waals surface area contributed by atoms with Gasteiger partial charge >= 0.3 is 0 Å². The van der Waals surface area contributed by atoms with Crippen LogP contribution in [0, 0.1) is 12.7 Å².